The summed E-state index contributed by atoms with van der Waals surface area (Å²) in [4.78, 5) is 24.0. The van der Waals surface area contributed by atoms with Gasteiger partial charge in [-0.25, -0.2) is 4.39 Å². The molecular formula is C18H16FN3O4. The molecule has 0 spiro atoms. The molecular weight excluding hydrogens is 341 g/mol. The summed E-state index contributed by atoms with van der Waals surface area (Å²) in [6, 6.07) is 7.69. The maximum absolute atomic E-state index is 12.9. The number of amides is 1. The van der Waals surface area contributed by atoms with E-state index >= 15 is 0 Å². The molecule has 2 aromatic rings. The number of hydrogen-bond acceptors (Lipinski definition) is 4. The summed E-state index contributed by atoms with van der Waals surface area (Å²) in [6.07, 6.45) is 4.00. The maximum atomic E-state index is 12.9. The zero-order valence-corrected chi connectivity index (χ0v) is 13.6. The van der Waals surface area contributed by atoms with Gasteiger partial charge < -0.3 is 15.2 Å². The first-order chi connectivity index (χ1) is 12.5. The number of halogens is 1. The third kappa shape index (κ3) is 2.99. The Morgan fingerprint density at radius 3 is 2.54 bits per heavy atom. The van der Waals surface area contributed by atoms with Crippen LogP contribution in [0.5, 0.6) is 0 Å². The van der Waals surface area contributed by atoms with Crippen LogP contribution in [0.2, 0.25) is 0 Å². The molecule has 0 aliphatic carbocycles. The highest BCUT2D eigenvalue weighted by atomic mass is 19.1. The minimum Gasteiger partial charge on any atom is -0.481 e. The maximum Gasteiger partial charge on any atom is 0.310 e. The van der Waals surface area contributed by atoms with Gasteiger partial charge in [-0.3, -0.25) is 14.3 Å². The molecule has 0 saturated carbocycles. The third-order valence-corrected chi connectivity index (χ3v) is 4.64. The number of aromatic nitrogens is 2. The summed E-state index contributed by atoms with van der Waals surface area (Å²) < 4.78 is 20.1. The monoisotopic (exact) mass is 357 g/mol. The molecule has 26 heavy (non-hydrogen) atoms. The van der Waals surface area contributed by atoms with Crippen LogP contribution in [0.15, 0.2) is 48.7 Å². The summed E-state index contributed by atoms with van der Waals surface area (Å²) in [5.74, 6) is -3.15. The predicted octanol–water partition coefficient (Wildman–Crippen LogP) is 1.66. The fourth-order valence-electron chi connectivity index (χ4n) is 3.42. The Morgan fingerprint density at radius 1 is 1.15 bits per heavy atom. The molecule has 1 saturated heterocycles. The average Bonchev–Trinajstić information content (AvgIpc) is 3.32. The van der Waals surface area contributed by atoms with Gasteiger partial charge in [0.15, 0.2) is 5.82 Å². The number of nitrogens with zero attached hydrogens (tertiary/aromatic N) is 2. The summed E-state index contributed by atoms with van der Waals surface area (Å²) in [6.45, 7) is 0.424. The van der Waals surface area contributed by atoms with Crippen molar-refractivity contribution in [1.29, 1.82) is 0 Å². The zero-order chi connectivity index (χ0) is 18.3. The number of fused-ring (bicyclic) bond motifs is 2. The molecule has 0 unspecified atom stereocenters. The molecule has 1 amide bonds. The largest absolute Gasteiger partial charge is 0.481 e. The number of benzene rings is 1. The Morgan fingerprint density at radius 2 is 1.85 bits per heavy atom. The quantitative estimate of drug-likeness (QED) is 0.794. The summed E-state index contributed by atoms with van der Waals surface area (Å²) >= 11 is 0. The lowest BCUT2D eigenvalue weighted by molar-refractivity contribution is -0.145. The van der Waals surface area contributed by atoms with Crippen LogP contribution in [0.1, 0.15) is 5.56 Å². The summed E-state index contributed by atoms with van der Waals surface area (Å²) in [5.41, 5.74) is 0.866. The second kappa shape index (κ2) is 6.38. The highest BCUT2D eigenvalue weighted by molar-refractivity contribution is 5.96. The molecule has 2 N–H and O–H groups in total. The Bertz CT molecular complexity index is 877. The van der Waals surface area contributed by atoms with E-state index in [1.165, 1.54) is 12.1 Å². The van der Waals surface area contributed by atoms with E-state index in [1.807, 2.05) is 0 Å². The van der Waals surface area contributed by atoms with Gasteiger partial charge in [-0.2, -0.15) is 5.10 Å². The molecule has 1 fully saturated rings. The Hall–Kier alpha value is -3.00. The molecule has 0 radical (unpaired) electrons. The van der Waals surface area contributed by atoms with E-state index in [2.05, 4.69) is 10.4 Å². The van der Waals surface area contributed by atoms with Crippen LogP contribution in [0.25, 0.3) is 0 Å². The van der Waals surface area contributed by atoms with Crippen molar-refractivity contribution in [3.8, 4) is 0 Å². The second-order valence-corrected chi connectivity index (χ2v) is 6.35. The molecule has 134 valence electrons. The van der Waals surface area contributed by atoms with Crippen LogP contribution in [0.4, 0.5) is 10.2 Å². The van der Waals surface area contributed by atoms with Crippen LogP contribution < -0.4 is 5.32 Å². The molecule has 4 atom stereocenters. The number of carboxylic acids is 1. The van der Waals surface area contributed by atoms with Crippen LogP contribution in [0.3, 0.4) is 0 Å². The normalized spacial score (nSPS) is 26.2. The van der Waals surface area contributed by atoms with E-state index in [9.17, 15) is 19.1 Å². The minimum absolute atomic E-state index is 0.308. The number of aliphatic carboxylic acids is 1. The van der Waals surface area contributed by atoms with Crippen LogP contribution in [-0.4, -0.2) is 39.0 Å². The number of rotatable bonds is 5. The highest BCUT2D eigenvalue weighted by Crippen LogP contribution is 2.39. The Labute approximate surface area is 148 Å². The average molecular weight is 357 g/mol. The van der Waals surface area contributed by atoms with Gasteiger partial charge in [-0.15, -0.1) is 0 Å². The van der Waals surface area contributed by atoms with E-state index in [-0.39, 0.29) is 5.82 Å². The van der Waals surface area contributed by atoms with Crippen molar-refractivity contribution in [1.82, 2.24) is 9.78 Å². The second-order valence-electron chi connectivity index (χ2n) is 6.35. The SMILES string of the molecule is O=C(O)[C@@H]1[C@@H](C(=O)Nc2ccn(Cc3ccc(F)cc3)n2)[C@H]2C=C[C@@H]1O2. The van der Waals surface area contributed by atoms with Gasteiger partial charge in [-0.1, -0.05) is 24.3 Å². The third-order valence-electron chi connectivity index (χ3n) is 4.64. The van der Waals surface area contributed by atoms with Gasteiger partial charge in [0.25, 0.3) is 0 Å². The number of hydrogen-bond donors (Lipinski definition) is 2. The van der Waals surface area contributed by atoms with Crippen molar-refractivity contribution in [2.75, 3.05) is 5.32 Å². The van der Waals surface area contributed by atoms with Gasteiger partial charge in [-0.05, 0) is 17.7 Å². The smallest absolute Gasteiger partial charge is 0.310 e. The summed E-state index contributed by atoms with van der Waals surface area (Å²) in [7, 11) is 0. The number of ether oxygens (including phenoxy) is 1. The van der Waals surface area contributed by atoms with Crippen molar-refractivity contribution in [2.45, 2.75) is 18.8 Å². The van der Waals surface area contributed by atoms with Gasteiger partial charge in [0.2, 0.25) is 5.91 Å². The molecule has 3 heterocycles. The van der Waals surface area contributed by atoms with E-state index in [0.29, 0.717) is 12.4 Å². The van der Waals surface area contributed by atoms with Gasteiger partial charge in [0.05, 0.1) is 24.7 Å². The number of carbonyl (C=O) groups is 2. The number of carbonyl (C=O) groups excluding carboxylic acids is 1. The van der Waals surface area contributed by atoms with Gasteiger partial charge in [0, 0.05) is 12.3 Å². The molecule has 8 heteroatoms. The lowest BCUT2D eigenvalue weighted by atomic mass is 9.82. The van der Waals surface area contributed by atoms with Crippen molar-refractivity contribution in [3.63, 3.8) is 0 Å². The molecule has 2 aliphatic rings. The van der Waals surface area contributed by atoms with Crippen molar-refractivity contribution < 1.29 is 23.8 Å². The first-order valence-electron chi connectivity index (χ1n) is 8.16. The lowest BCUT2D eigenvalue weighted by Gasteiger charge is -2.20. The Kier molecular flexibility index (Phi) is 4.04. The van der Waals surface area contributed by atoms with Crippen molar-refractivity contribution in [3.05, 3.63) is 60.1 Å². The molecule has 7 nitrogen and oxygen atoms in total. The van der Waals surface area contributed by atoms with Crippen LogP contribution >= 0.6 is 0 Å². The number of carboxylic acid groups (broad SMARTS) is 1. The number of nitrogens with one attached hydrogen (secondary N) is 1. The van der Waals surface area contributed by atoms with E-state index in [1.54, 1.807) is 41.2 Å². The topological polar surface area (TPSA) is 93.4 Å². The van der Waals surface area contributed by atoms with Gasteiger partial charge in [0.1, 0.15) is 11.7 Å². The first kappa shape index (κ1) is 16.5. The van der Waals surface area contributed by atoms with Crippen LogP contribution in [-0.2, 0) is 20.9 Å². The first-order valence-corrected chi connectivity index (χ1v) is 8.16. The standard InChI is InChI=1S/C18H16FN3O4/c19-11-3-1-10(2-4-11)9-22-8-7-14(21-22)20-17(23)15-12-5-6-13(26-12)16(15)18(24)25/h1-8,12-13,15-16H,9H2,(H,24,25)(H,20,21,23)/t12-,13+,15+,16+/m1/s1. The number of anilines is 1. The zero-order valence-electron chi connectivity index (χ0n) is 13.6. The van der Waals surface area contributed by atoms with E-state index in [0.717, 1.165) is 5.56 Å². The fourth-order valence-corrected chi connectivity index (χ4v) is 3.42. The molecule has 4 rings (SSSR count). The van der Waals surface area contributed by atoms with E-state index < -0.39 is 35.9 Å². The molecule has 1 aromatic heterocycles. The predicted molar refractivity (Wildman–Crippen MR) is 88.8 cm³/mol. The molecule has 1 aromatic carbocycles. The summed E-state index contributed by atoms with van der Waals surface area (Å²) in [5, 5.41) is 16.3. The van der Waals surface area contributed by atoms with Crippen molar-refractivity contribution >= 4 is 17.7 Å². The molecule has 2 aliphatic heterocycles. The fraction of sp³-hybridized carbons (Fsp3) is 0.278. The van der Waals surface area contributed by atoms with Crippen LogP contribution in [0, 0.1) is 17.7 Å². The highest BCUT2D eigenvalue weighted by Gasteiger charge is 2.53. The Balaban J connectivity index is 1.44. The lowest BCUT2D eigenvalue weighted by Crippen LogP contribution is -2.39. The van der Waals surface area contributed by atoms with Crippen molar-refractivity contribution in [2.24, 2.45) is 11.8 Å². The minimum atomic E-state index is -1.05. The molecule has 2 bridgehead atoms. The van der Waals surface area contributed by atoms with E-state index in [4.69, 9.17) is 4.74 Å². The van der Waals surface area contributed by atoms with Gasteiger partial charge >= 0.3 is 5.97 Å².